The van der Waals surface area contributed by atoms with E-state index in [9.17, 15) is 8.42 Å². The Hall–Kier alpha value is -0.130. The summed E-state index contributed by atoms with van der Waals surface area (Å²) in [6, 6.07) is 0.517. The van der Waals surface area contributed by atoms with Crippen molar-refractivity contribution in [2.75, 3.05) is 31.8 Å². The Morgan fingerprint density at radius 2 is 1.82 bits per heavy atom. The fraction of sp³-hybridized carbons (Fsp3) is 1.00. The molecule has 1 N–H and O–H groups in total. The molecule has 0 aliphatic heterocycles. The summed E-state index contributed by atoms with van der Waals surface area (Å²) >= 11 is 0. The fourth-order valence-corrected chi connectivity index (χ4v) is 3.25. The highest BCUT2D eigenvalue weighted by molar-refractivity contribution is 7.91. The zero-order chi connectivity index (χ0) is 12.7. The molecule has 17 heavy (non-hydrogen) atoms. The van der Waals surface area contributed by atoms with Gasteiger partial charge in [0.2, 0.25) is 0 Å². The largest absolute Gasteiger partial charge is 0.384 e. The lowest BCUT2D eigenvalue weighted by atomic mass is 9.87. The number of sulfone groups is 1. The molecule has 4 nitrogen and oxygen atoms in total. The van der Waals surface area contributed by atoms with Crippen LogP contribution in [0.1, 0.15) is 32.6 Å². The molecule has 0 atom stereocenters. The third-order valence-electron chi connectivity index (χ3n) is 3.46. The van der Waals surface area contributed by atoms with E-state index >= 15 is 0 Å². The molecule has 0 aromatic carbocycles. The van der Waals surface area contributed by atoms with E-state index in [2.05, 4.69) is 12.2 Å². The molecule has 0 heterocycles. The molecule has 0 unspecified atom stereocenters. The molecule has 0 saturated heterocycles. The van der Waals surface area contributed by atoms with E-state index in [1.165, 1.54) is 32.8 Å². The van der Waals surface area contributed by atoms with Crippen LogP contribution >= 0.6 is 0 Å². The van der Waals surface area contributed by atoms with Gasteiger partial charge in [0.15, 0.2) is 9.84 Å². The molecule has 5 heteroatoms. The Morgan fingerprint density at radius 3 is 2.41 bits per heavy atom. The molecule has 0 aromatic heterocycles. The van der Waals surface area contributed by atoms with Crippen LogP contribution in [0.4, 0.5) is 0 Å². The molecule has 1 aliphatic rings. The van der Waals surface area contributed by atoms with Crippen LogP contribution in [-0.2, 0) is 14.6 Å². The van der Waals surface area contributed by atoms with Gasteiger partial charge in [-0.1, -0.05) is 6.92 Å². The Morgan fingerprint density at radius 1 is 1.18 bits per heavy atom. The molecule has 0 spiro atoms. The molecule has 1 rings (SSSR count). The summed E-state index contributed by atoms with van der Waals surface area (Å²) in [6.07, 6.45) is 4.88. The first-order valence-electron chi connectivity index (χ1n) is 6.46. The topological polar surface area (TPSA) is 55.4 Å². The van der Waals surface area contributed by atoms with Crippen molar-refractivity contribution in [2.45, 2.75) is 38.6 Å². The number of ether oxygens (including phenoxy) is 1. The lowest BCUT2D eigenvalue weighted by Gasteiger charge is -2.26. The molecular weight excluding hydrogens is 238 g/mol. The summed E-state index contributed by atoms with van der Waals surface area (Å²) in [5.74, 6) is 1.19. The lowest BCUT2D eigenvalue weighted by Crippen LogP contribution is -2.36. The van der Waals surface area contributed by atoms with Crippen molar-refractivity contribution in [1.29, 1.82) is 0 Å². The molecule has 1 saturated carbocycles. The highest BCUT2D eigenvalue weighted by Crippen LogP contribution is 2.23. The van der Waals surface area contributed by atoms with Crippen LogP contribution in [0.15, 0.2) is 0 Å². The number of rotatable bonds is 7. The van der Waals surface area contributed by atoms with Crippen LogP contribution in [0.25, 0.3) is 0 Å². The first kappa shape index (κ1) is 14.9. The predicted molar refractivity (Wildman–Crippen MR) is 70.0 cm³/mol. The van der Waals surface area contributed by atoms with E-state index < -0.39 is 9.84 Å². The minimum Gasteiger partial charge on any atom is -0.384 e. The maximum absolute atomic E-state index is 11.6. The number of hydrogen-bond donors (Lipinski definition) is 1. The predicted octanol–water partition coefficient (Wildman–Crippen LogP) is 1.22. The quantitative estimate of drug-likeness (QED) is 0.750. The van der Waals surface area contributed by atoms with E-state index in [-0.39, 0.29) is 11.5 Å². The lowest BCUT2D eigenvalue weighted by molar-refractivity contribution is 0.217. The maximum atomic E-state index is 11.6. The van der Waals surface area contributed by atoms with Crippen LogP contribution in [0.2, 0.25) is 0 Å². The maximum Gasteiger partial charge on any atom is 0.153 e. The summed E-state index contributed by atoms with van der Waals surface area (Å²) < 4.78 is 27.9. The standard InChI is InChI=1S/C12H25NO3S/c1-11-3-5-12(6-4-11)13-7-9-17(14,15)10-8-16-2/h11-13H,3-10H2,1-2H3. The molecule has 0 bridgehead atoms. The average Bonchev–Trinajstić information content (AvgIpc) is 2.29. The van der Waals surface area contributed by atoms with Gasteiger partial charge in [-0.3, -0.25) is 0 Å². The Kier molecular flexibility index (Phi) is 6.44. The summed E-state index contributed by atoms with van der Waals surface area (Å²) in [7, 11) is -1.42. The third-order valence-corrected chi connectivity index (χ3v) is 5.08. The Labute approximate surface area is 105 Å². The second kappa shape index (κ2) is 7.34. The number of nitrogens with one attached hydrogen (secondary N) is 1. The minimum absolute atomic E-state index is 0.132. The molecule has 0 aromatic rings. The van der Waals surface area contributed by atoms with Gasteiger partial charge in [0.25, 0.3) is 0 Å². The van der Waals surface area contributed by atoms with Crippen molar-refractivity contribution >= 4 is 9.84 Å². The van der Waals surface area contributed by atoms with Crippen molar-refractivity contribution < 1.29 is 13.2 Å². The van der Waals surface area contributed by atoms with Crippen molar-refractivity contribution in [1.82, 2.24) is 5.32 Å². The average molecular weight is 263 g/mol. The van der Waals surface area contributed by atoms with Gasteiger partial charge in [-0.15, -0.1) is 0 Å². The summed E-state index contributed by atoms with van der Waals surface area (Å²) in [5, 5.41) is 3.35. The normalized spacial score (nSPS) is 26.0. The number of hydrogen-bond acceptors (Lipinski definition) is 4. The Bertz CT molecular complexity index is 295. The van der Waals surface area contributed by atoms with Crippen LogP contribution in [-0.4, -0.2) is 46.2 Å². The SMILES string of the molecule is COCCS(=O)(=O)CCNC1CCC(C)CC1. The first-order valence-corrected chi connectivity index (χ1v) is 8.28. The summed E-state index contributed by atoms with van der Waals surface area (Å²) in [5.41, 5.74) is 0. The van der Waals surface area contributed by atoms with Gasteiger partial charge in [-0.2, -0.15) is 0 Å². The van der Waals surface area contributed by atoms with E-state index in [1.54, 1.807) is 0 Å². The molecule has 1 aliphatic carbocycles. The molecular formula is C12H25NO3S. The second-order valence-corrected chi connectivity index (χ2v) is 7.36. The van der Waals surface area contributed by atoms with Gasteiger partial charge >= 0.3 is 0 Å². The zero-order valence-electron chi connectivity index (χ0n) is 10.9. The van der Waals surface area contributed by atoms with Gasteiger partial charge in [-0.05, 0) is 31.6 Å². The van der Waals surface area contributed by atoms with Gasteiger partial charge < -0.3 is 10.1 Å². The van der Waals surface area contributed by atoms with E-state index in [4.69, 9.17) is 4.74 Å². The van der Waals surface area contributed by atoms with Crippen molar-refractivity contribution in [3.05, 3.63) is 0 Å². The summed E-state index contributed by atoms with van der Waals surface area (Å²) in [4.78, 5) is 0. The van der Waals surface area contributed by atoms with E-state index in [0.717, 1.165) is 5.92 Å². The summed E-state index contributed by atoms with van der Waals surface area (Å²) in [6.45, 7) is 3.15. The van der Waals surface area contributed by atoms with Gasteiger partial charge in [-0.25, -0.2) is 8.42 Å². The highest BCUT2D eigenvalue weighted by atomic mass is 32.2. The monoisotopic (exact) mass is 263 g/mol. The van der Waals surface area contributed by atoms with Crippen molar-refractivity contribution in [2.24, 2.45) is 5.92 Å². The van der Waals surface area contributed by atoms with Crippen LogP contribution in [0.5, 0.6) is 0 Å². The molecule has 102 valence electrons. The molecule has 0 radical (unpaired) electrons. The third kappa shape index (κ3) is 6.38. The smallest absolute Gasteiger partial charge is 0.153 e. The van der Waals surface area contributed by atoms with Crippen LogP contribution in [0.3, 0.4) is 0 Å². The van der Waals surface area contributed by atoms with Crippen LogP contribution in [0, 0.1) is 5.92 Å². The van der Waals surface area contributed by atoms with Gasteiger partial charge in [0, 0.05) is 19.7 Å². The minimum atomic E-state index is -2.94. The zero-order valence-corrected chi connectivity index (χ0v) is 11.8. The number of methoxy groups -OCH3 is 1. The van der Waals surface area contributed by atoms with Crippen molar-refractivity contribution in [3.8, 4) is 0 Å². The van der Waals surface area contributed by atoms with Crippen molar-refractivity contribution in [3.63, 3.8) is 0 Å². The molecule has 1 fully saturated rings. The second-order valence-electron chi connectivity index (χ2n) is 5.06. The Balaban J connectivity index is 2.14. The van der Waals surface area contributed by atoms with E-state index in [0.29, 0.717) is 19.2 Å². The first-order chi connectivity index (χ1) is 8.03. The molecule has 0 amide bonds. The van der Waals surface area contributed by atoms with Gasteiger partial charge in [0.05, 0.1) is 18.1 Å². The van der Waals surface area contributed by atoms with Gasteiger partial charge in [0.1, 0.15) is 0 Å². The van der Waals surface area contributed by atoms with E-state index in [1.807, 2.05) is 0 Å². The highest BCUT2D eigenvalue weighted by Gasteiger charge is 2.18. The fourth-order valence-electron chi connectivity index (χ4n) is 2.20. The van der Waals surface area contributed by atoms with Crippen LogP contribution < -0.4 is 5.32 Å².